The highest BCUT2D eigenvalue weighted by molar-refractivity contribution is 5.79. The van der Waals surface area contributed by atoms with Crippen LogP contribution in [0.1, 0.15) is 39.5 Å². The maximum absolute atomic E-state index is 10.8. The lowest BCUT2D eigenvalue weighted by Crippen LogP contribution is -2.49. The van der Waals surface area contributed by atoms with Gasteiger partial charge in [-0.25, -0.2) is 0 Å². The number of carboxylic acids is 1. The van der Waals surface area contributed by atoms with Gasteiger partial charge < -0.3 is 5.11 Å². The smallest absolute Gasteiger partial charge is 0.324 e. The van der Waals surface area contributed by atoms with Crippen molar-refractivity contribution in [1.82, 2.24) is 0 Å². The molecule has 0 saturated heterocycles. The molecule has 1 saturated carbocycles. The Balaban J connectivity index is 2.75. The minimum Gasteiger partial charge on any atom is -0.480 e. The van der Waals surface area contributed by atoms with Crippen LogP contribution in [0.15, 0.2) is 0 Å². The molecule has 1 aliphatic carbocycles. The van der Waals surface area contributed by atoms with Crippen LogP contribution in [0.25, 0.3) is 0 Å². The number of hydrogen-bond acceptors (Lipinski definition) is 2. The van der Waals surface area contributed by atoms with Crippen LogP contribution in [0.5, 0.6) is 0 Å². The predicted octanol–water partition coefficient (Wildman–Crippen LogP) is 2.18. The summed E-state index contributed by atoms with van der Waals surface area (Å²) >= 11 is 0. The van der Waals surface area contributed by atoms with E-state index in [-0.39, 0.29) is 5.41 Å². The van der Waals surface area contributed by atoms with Crippen LogP contribution in [0.2, 0.25) is 0 Å². The molecule has 13 heavy (non-hydrogen) atoms. The quantitative estimate of drug-likeness (QED) is 0.725. The first-order valence-electron chi connectivity index (χ1n) is 4.69. The molecule has 0 heterocycles. The summed E-state index contributed by atoms with van der Waals surface area (Å²) in [5.74, 6) is -0.951. The number of nitriles is 1. The summed E-state index contributed by atoms with van der Waals surface area (Å²) in [4.78, 5) is 10.8. The lowest BCUT2D eigenvalue weighted by Gasteiger charge is -2.49. The average Bonchev–Trinajstić information content (AvgIpc) is 2.05. The molecule has 0 atom stereocenters. The van der Waals surface area contributed by atoms with E-state index in [9.17, 15) is 4.79 Å². The van der Waals surface area contributed by atoms with Gasteiger partial charge in [-0.3, -0.25) is 4.79 Å². The van der Waals surface area contributed by atoms with Gasteiger partial charge in [-0.15, -0.1) is 0 Å². The molecule has 0 radical (unpaired) electrons. The van der Waals surface area contributed by atoms with Crippen molar-refractivity contribution in [3.63, 3.8) is 0 Å². The molecule has 1 fully saturated rings. The zero-order valence-corrected chi connectivity index (χ0v) is 8.13. The Labute approximate surface area is 78.4 Å². The van der Waals surface area contributed by atoms with E-state index in [1.165, 1.54) is 0 Å². The van der Waals surface area contributed by atoms with Crippen LogP contribution in [0.4, 0.5) is 0 Å². The normalized spacial score (nSPS) is 22.8. The summed E-state index contributed by atoms with van der Waals surface area (Å²) < 4.78 is 0. The summed E-state index contributed by atoms with van der Waals surface area (Å²) in [7, 11) is 0. The molecule has 1 rings (SSSR count). The zero-order valence-electron chi connectivity index (χ0n) is 8.13. The molecular weight excluding hydrogens is 166 g/mol. The first kappa shape index (κ1) is 10.0. The number of nitrogens with zero attached hydrogens (tertiary/aromatic N) is 1. The highest BCUT2D eigenvalue weighted by Crippen LogP contribution is 2.58. The third kappa shape index (κ3) is 1.31. The Hall–Kier alpha value is -1.04. The van der Waals surface area contributed by atoms with E-state index in [4.69, 9.17) is 10.4 Å². The van der Waals surface area contributed by atoms with Gasteiger partial charge in [0.15, 0.2) is 5.41 Å². The second-order valence-electron chi connectivity index (χ2n) is 4.06. The molecule has 0 spiro atoms. The van der Waals surface area contributed by atoms with Gasteiger partial charge in [0, 0.05) is 0 Å². The van der Waals surface area contributed by atoms with E-state index in [1.54, 1.807) is 0 Å². The van der Waals surface area contributed by atoms with Crippen LogP contribution in [-0.4, -0.2) is 11.1 Å². The van der Waals surface area contributed by atoms with Crippen LogP contribution >= 0.6 is 0 Å². The molecule has 0 aromatic heterocycles. The van der Waals surface area contributed by atoms with E-state index in [0.717, 1.165) is 12.8 Å². The summed E-state index contributed by atoms with van der Waals surface area (Å²) in [6.07, 6.45) is 3.00. The maximum Gasteiger partial charge on any atom is 0.324 e. The molecule has 0 aliphatic heterocycles. The molecule has 0 unspecified atom stereocenters. The van der Waals surface area contributed by atoms with Gasteiger partial charge in [-0.1, -0.05) is 26.7 Å². The highest BCUT2D eigenvalue weighted by atomic mass is 16.4. The van der Waals surface area contributed by atoms with Crippen LogP contribution in [0.3, 0.4) is 0 Å². The molecule has 72 valence electrons. The fourth-order valence-corrected chi connectivity index (χ4v) is 2.26. The van der Waals surface area contributed by atoms with Crippen molar-refractivity contribution in [2.45, 2.75) is 39.5 Å². The summed E-state index contributed by atoms with van der Waals surface area (Å²) in [5, 5.41) is 17.7. The first-order valence-corrected chi connectivity index (χ1v) is 4.69. The number of hydrogen-bond donors (Lipinski definition) is 1. The van der Waals surface area contributed by atoms with Crippen LogP contribution < -0.4 is 0 Å². The second kappa shape index (κ2) is 3.02. The standard InChI is InChI=1S/C10H15NO2/c1-3-9(4-2)5-10(6-9,7-11)8(12)13/h3-6H2,1-2H3,(H,12,13). The van der Waals surface area contributed by atoms with Crippen molar-refractivity contribution in [2.24, 2.45) is 10.8 Å². The largest absolute Gasteiger partial charge is 0.480 e. The molecule has 3 heteroatoms. The number of carbonyl (C=O) groups is 1. The van der Waals surface area contributed by atoms with Crippen molar-refractivity contribution < 1.29 is 9.90 Å². The van der Waals surface area contributed by atoms with Crippen LogP contribution in [-0.2, 0) is 4.79 Å². The van der Waals surface area contributed by atoms with E-state index in [2.05, 4.69) is 13.8 Å². The van der Waals surface area contributed by atoms with Crippen molar-refractivity contribution in [2.75, 3.05) is 0 Å². The van der Waals surface area contributed by atoms with Gasteiger partial charge in [0.1, 0.15) is 0 Å². The Morgan fingerprint density at radius 3 is 2.15 bits per heavy atom. The third-order valence-corrected chi connectivity index (χ3v) is 3.48. The average molecular weight is 181 g/mol. The first-order chi connectivity index (χ1) is 6.04. The number of carboxylic acid groups (broad SMARTS) is 1. The van der Waals surface area contributed by atoms with Crippen molar-refractivity contribution in [3.05, 3.63) is 0 Å². The van der Waals surface area contributed by atoms with Gasteiger partial charge >= 0.3 is 5.97 Å². The Morgan fingerprint density at radius 2 is 1.92 bits per heavy atom. The lowest BCUT2D eigenvalue weighted by atomic mass is 9.51. The fraction of sp³-hybridized carbons (Fsp3) is 0.800. The topological polar surface area (TPSA) is 61.1 Å². The predicted molar refractivity (Wildman–Crippen MR) is 47.9 cm³/mol. The highest BCUT2D eigenvalue weighted by Gasteiger charge is 2.57. The van der Waals surface area contributed by atoms with Crippen LogP contribution in [0, 0.1) is 22.2 Å². The molecule has 0 amide bonds. The molecular formula is C10H15NO2. The van der Waals surface area contributed by atoms with Gasteiger partial charge in [0.05, 0.1) is 6.07 Å². The van der Waals surface area contributed by atoms with Crippen molar-refractivity contribution in [1.29, 1.82) is 5.26 Å². The van der Waals surface area contributed by atoms with Gasteiger partial charge in [0.2, 0.25) is 0 Å². The maximum atomic E-state index is 10.8. The minimum atomic E-state index is -1.08. The summed E-state index contributed by atoms with van der Waals surface area (Å²) in [5.41, 5.74) is -0.958. The van der Waals surface area contributed by atoms with Gasteiger partial charge in [-0.2, -0.15) is 5.26 Å². The Bertz CT molecular complexity index is 253. The molecule has 0 bridgehead atoms. The van der Waals surface area contributed by atoms with Gasteiger partial charge in [0.25, 0.3) is 0 Å². The van der Waals surface area contributed by atoms with E-state index < -0.39 is 11.4 Å². The molecule has 1 N–H and O–H groups in total. The SMILES string of the molecule is CCC1(CC)CC(C#N)(C(=O)O)C1. The summed E-state index contributed by atoms with van der Waals surface area (Å²) in [6, 6.07) is 1.94. The summed E-state index contributed by atoms with van der Waals surface area (Å²) in [6.45, 7) is 4.12. The van der Waals surface area contributed by atoms with Crippen molar-refractivity contribution >= 4 is 5.97 Å². The van der Waals surface area contributed by atoms with Crippen molar-refractivity contribution in [3.8, 4) is 6.07 Å². The Kier molecular flexibility index (Phi) is 2.34. The van der Waals surface area contributed by atoms with E-state index >= 15 is 0 Å². The number of rotatable bonds is 3. The molecule has 1 aliphatic rings. The monoisotopic (exact) mass is 181 g/mol. The minimum absolute atomic E-state index is 0.119. The molecule has 3 nitrogen and oxygen atoms in total. The molecule has 0 aromatic carbocycles. The Morgan fingerprint density at radius 1 is 1.46 bits per heavy atom. The zero-order chi connectivity index (χ0) is 10.1. The number of aliphatic carboxylic acids is 1. The molecule has 0 aromatic rings. The second-order valence-corrected chi connectivity index (χ2v) is 4.06. The lowest BCUT2D eigenvalue weighted by molar-refractivity contribution is -0.158. The fourth-order valence-electron chi connectivity index (χ4n) is 2.26. The van der Waals surface area contributed by atoms with E-state index in [1.807, 2.05) is 6.07 Å². The third-order valence-electron chi connectivity index (χ3n) is 3.48. The van der Waals surface area contributed by atoms with Gasteiger partial charge in [-0.05, 0) is 18.3 Å². The van der Waals surface area contributed by atoms with E-state index in [0.29, 0.717) is 12.8 Å².